The topological polar surface area (TPSA) is 68.9 Å². The number of carbonyl (C=O) groups is 1. The number of nitrogens with zero attached hydrogens (tertiary/aromatic N) is 2. The number of ketones is 1. The average molecular weight is 254 g/mol. The average Bonchev–Trinajstić information content (AvgIpc) is 2.70. The Kier molecular flexibility index (Phi) is 2.89. The second-order valence-electron chi connectivity index (χ2n) is 3.18. The van der Waals surface area contributed by atoms with Gasteiger partial charge in [-0.05, 0) is 13.0 Å². The smallest absolute Gasteiger partial charge is 0.220 e. The fourth-order valence-corrected chi connectivity index (χ4v) is 2.40. The summed E-state index contributed by atoms with van der Waals surface area (Å²) in [6, 6.07) is 1.75. The minimum Gasteiger partial charge on any atom is -0.368 e. The van der Waals surface area contributed by atoms with Gasteiger partial charge < -0.3 is 5.73 Å². The Hall–Kier alpha value is -1.46. The third kappa shape index (κ3) is 2.05. The lowest BCUT2D eigenvalue weighted by molar-refractivity contribution is 0.101. The predicted molar refractivity (Wildman–Crippen MR) is 64.8 cm³/mol. The van der Waals surface area contributed by atoms with E-state index >= 15 is 0 Å². The monoisotopic (exact) mass is 253 g/mol. The van der Waals surface area contributed by atoms with Gasteiger partial charge in [0.15, 0.2) is 5.78 Å². The Morgan fingerprint density at radius 2 is 2.31 bits per heavy atom. The van der Waals surface area contributed by atoms with Crippen molar-refractivity contribution in [2.45, 2.75) is 6.92 Å². The molecule has 4 nitrogen and oxygen atoms in total. The molecule has 0 radical (unpaired) electrons. The summed E-state index contributed by atoms with van der Waals surface area (Å²) in [6.45, 7) is 1.52. The number of halogens is 1. The number of nitrogen functional groups attached to an aromatic ring is 1. The lowest BCUT2D eigenvalue weighted by Crippen LogP contribution is -1.95. The minimum atomic E-state index is 0.0145. The first kappa shape index (κ1) is 11.0. The van der Waals surface area contributed by atoms with E-state index in [0.717, 1.165) is 4.88 Å². The molecular formula is C10H8ClN3OS. The van der Waals surface area contributed by atoms with Gasteiger partial charge >= 0.3 is 0 Å². The number of rotatable bonds is 2. The molecule has 2 heterocycles. The number of aromatic nitrogens is 2. The van der Waals surface area contributed by atoms with Crippen LogP contribution < -0.4 is 5.73 Å². The van der Waals surface area contributed by atoms with Gasteiger partial charge in [0, 0.05) is 10.9 Å². The maximum atomic E-state index is 11.2. The van der Waals surface area contributed by atoms with Crippen molar-refractivity contribution < 1.29 is 4.79 Å². The molecule has 0 fully saturated rings. The zero-order valence-corrected chi connectivity index (χ0v) is 9.97. The van der Waals surface area contributed by atoms with Gasteiger partial charge in [0.2, 0.25) is 5.95 Å². The predicted octanol–water partition coefficient (Wildman–Crippen LogP) is 2.64. The summed E-state index contributed by atoms with van der Waals surface area (Å²) in [5.74, 6) is 0.179. The van der Waals surface area contributed by atoms with Gasteiger partial charge in [0.1, 0.15) is 5.69 Å². The van der Waals surface area contributed by atoms with E-state index < -0.39 is 0 Å². The van der Waals surface area contributed by atoms with Crippen molar-refractivity contribution in [1.82, 2.24) is 9.97 Å². The molecule has 0 amide bonds. The molecule has 2 aromatic rings. The molecule has 16 heavy (non-hydrogen) atoms. The van der Waals surface area contributed by atoms with Crippen LogP contribution >= 0.6 is 22.9 Å². The number of anilines is 1. The van der Waals surface area contributed by atoms with E-state index in [9.17, 15) is 4.79 Å². The maximum absolute atomic E-state index is 11.2. The standard InChI is InChI=1S/C10H8ClN3OS/c1-5(15)6-2-8(16-4-6)9-7(11)3-13-10(12)14-9/h2-4H,1H3,(H2,12,13,14). The van der Waals surface area contributed by atoms with Crippen molar-refractivity contribution >= 4 is 34.7 Å². The molecular weight excluding hydrogens is 246 g/mol. The van der Waals surface area contributed by atoms with E-state index in [4.69, 9.17) is 17.3 Å². The van der Waals surface area contributed by atoms with E-state index in [1.165, 1.54) is 24.5 Å². The highest BCUT2D eigenvalue weighted by atomic mass is 35.5. The molecule has 2 aromatic heterocycles. The van der Waals surface area contributed by atoms with Gasteiger partial charge in [-0.2, -0.15) is 0 Å². The van der Waals surface area contributed by atoms with Crippen molar-refractivity contribution in [3.05, 3.63) is 28.2 Å². The van der Waals surface area contributed by atoms with E-state index in [1.54, 1.807) is 11.4 Å². The zero-order chi connectivity index (χ0) is 11.7. The second kappa shape index (κ2) is 4.19. The van der Waals surface area contributed by atoms with Gasteiger partial charge in [-0.3, -0.25) is 4.79 Å². The first-order chi connectivity index (χ1) is 7.58. The SMILES string of the molecule is CC(=O)c1csc(-c2nc(N)ncc2Cl)c1. The molecule has 0 saturated carbocycles. The fourth-order valence-electron chi connectivity index (χ4n) is 1.20. The molecule has 0 aromatic carbocycles. The van der Waals surface area contributed by atoms with Gasteiger partial charge in [0.05, 0.1) is 16.1 Å². The highest BCUT2D eigenvalue weighted by Gasteiger charge is 2.11. The fraction of sp³-hybridized carbons (Fsp3) is 0.100. The van der Waals surface area contributed by atoms with E-state index in [1.807, 2.05) is 0 Å². The molecule has 0 aliphatic rings. The van der Waals surface area contributed by atoms with Crippen LogP contribution in [0.5, 0.6) is 0 Å². The van der Waals surface area contributed by atoms with Crippen LogP contribution in [0.3, 0.4) is 0 Å². The van der Waals surface area contributed by atoms with E-state index in [2.05, 4.69) is 9.97 Å². The van der Waals surface area contributed by atoms with Gasteiger partial charge in [-0.25, -0.2) is 9.97 Å². The lowest BCUT2D eigenvalue weighted by atomic mass is 10.2. The summed E-state index contributed by atoms with van der Waals surface area (Å²) in [6.07, 6.45) is 1.45. The van der Waals surface area contributed by atoms with Crippen molar-refractivity contribution in [2.75, 3.05) is 5.73 Å². The van der Waals surface area contributed by atoms with Crippen LogP contribution in [-0.2, 0) is 0 Å². The molecule has 0 atom stereocenters. The Labute approximate surface area is 101 Å². The van der Waals surface area contributed by atoms with Crippen LogP contribution in [-0.4, -0.2) is 15.8 Å². The maximum Gasteiger partial charge on any atom is 0.220 e. The Balaban J connectivity index is 2.50. The summed E-state index contributed by atoms with van der Waals surface area (Å²) < 4.78 is 0. The number of Topliss-reactive ketones (excluding diaryl/α,β-unsaturated/α-hetero) is 1. The molecule has 0 aliphatic heterocycles. The van der Waals surface area contributed by atoms with Crippen LogP contribution in [0.1, 0.15) is 17.3 Å². The number of nitrogens with two attached hydrogens (primary N) is 1. The van der Waals surface area contributed by atoms with Crippen molar-refractivity contribution in [1.29, 1.82) is 0 Å². The Morgan fingerprint density at radius 3 is 2.94 bits per heavy atom. The number of carbonyl (C=O) groups excluding carboxylic acids is 1. The van der Waals surface area contributed by atoms with Crippen LogP contribution in [0.2, 0.25) is 5.02 Å². The summed E-state index contributed by atoms with van der Waals surface area (Å²) in [5.41, 5.74) is 6.70. The molecule has 2 rings (SSSR count). The first-order valence-electron chi connectivity index (χ1n) is 4.46. The van der Waals surface area contributed by atoms with Crippen molar-refractivity contribution in [2.24, 2.45) is 0 Å². The lowest BCUT2D eigenvalue weighted by Gasteiger charge is -2.00. The molecule has 6 heteroatoms. The van der Waals surface area contributed by atoms with Crippen LogP contribution in [0.25, 0.3) is 10.6 Å². The molecule has 0 saturated heterocycles. The van der Waals surface area contributed by atoms with E-state index in [0.29, 0.717) is 16.3 Å². The molecule has 2 N–H and O–H groups in total. The Morgan fingerprint density at radius 1 is 1.56 bits per heavy atom. The van der Waals surface area contributed by atoms with Crippen LogP contribution in [0.15, 0.2) is 17.6 Å². The summed E-state index contributed by atoms with van der Waals surface area (Å²) in [5, 5.41) is 2.19. The van der Waals surface area contributed by atoms with Crippen LogP contribution in [0, 0.1) is 0 Å². The normalized spacial score (nSPS) is 10.4. The third-order valence-corrected chi connectivity index (χ3v) is 3.22. The number of hydrogen-bond donors (Lipinski definition) is 1. The van der Waals surface area contributed by atoms with Gasteiger partial charge in [0.25, 0.3) is 0 Å². The number of thiophene rings is 1. The highest BCUT2D eigenvalue weighted by Crippen LogP contribution is 2.31. The minimum absolute atomic E-state index is 0.0145. The third-order valence-electron chi connectivity index (χ3n) is 2.00. The van der Waals surface area contributed by atoms with E-state index in [-0.39, 0.29) is 11.7 Å². The second-order valence-corrected chi connectivity index (χ2v) is 4.50. The summed E-state index contributed by atoms with van der Waals surface area (Å²) in [7, 11) is 0. The largest absolute Gasteiger partial charge is 0.368 e. The van der Waals surface area contributed by atoms with Gasteiger partial charge in [-0.15, -0.1) is 11.3 Å². The molecule has 82 valence electrons. The number of hydrogen-bond acceptors (Lipinski definition) is 5. The highest BCUT2D eigenvalue weighted by molar-refractivity contribution is 7.13. The molecule has 0 unspecified atom stereocenters. The van der Waals surface area contributed by atoms with Crippen molar-refractivity contribution in [3.63, 3.8) is 0 Å². The van der Waals surface area contributed by atoms with Crippen LogP contribution in [0.4, 0.5) is 5.95 Å². The quantitative estimate of drug-likeness (QED) is 0.836. The van der Waals surface area contributed by atoms with Gasteiger partial charge in [-0.1, -0.05) is 11.6 Å². The van der Waals surface area contributed by atoms with Crippen molar-refractivity contribution in [3.8, 4) is 10.6 Å². The summed E-state index contributed by atoms with van der Waals surface area (Å²) >= 11 is 7.36. The zero-order valence-electron chi connectivity index (χ0n) is 8.40. The molecule has 0 bridgehead atoms. The Bertz CT molecular complexity index is 553. The first-order valence-corrected chi connectivity index (χ1v) is 5.71. The molecule has 0 aliphatic carbocycles. The molecule has 0 spiro atoms. The summed E-state index contributed by atoms with van der Waals surface area (Å²) in [4.78, 5) is 19.8.